The summed E-state index contributed by atoms with van der Waals surface area (Å²) in [5.74, 6) is -0.922. The third-order valence-electron chi connectivity index (χ3n) is 3.13. The van der Waals surface area contributed by atoms with Gasteiger partial charge in [-0.3, -0.25) is 0 Å². The minimum Gasteiger partial charge on any atom is -0.455 e. The summed E-state index contributed by atoms with van der Waals surface area (Å²) in [6.45, 7) is 2.16. The molecule has 7 heteroatoms. The first kappa shape index (κ1) is 15.5. The topological polar surface area (TPSA) is 69.7 Å². The summed E-state index contributed by atoms with van der Waals surface area (Å²) >= 11 is 0. The minimum absolute atomic E-state index is 0.155. The first-order valence-corrected chi connectivity index (χ1v) is 8.03. The summed E-state index contributed by atoms with van der Waals surface area (Å²) in [5.41, 5.74) is -0.0410. The number of carbonyl (C=O) groups excluding carboxylic acids is 1. The van der Waals surface area contributed by atoms with Crippen molar-refractivity contribution in [1.82, 2.24) is 0 Å². The van der Waals surface area contributed by atoms with Crippen molar-refractivity contribution in [3.63, 3.8) is 0 Å². The molecule has 1 aromatic rings. The molecular formula is C14H15FO5S. The van der Waals surface area contributed by atoms with Gasteiger partial charge < -0.3 is 9.47 Å². The summed E-state index contributed by atoms with van der Waals surface area (Å²) in [6.07, 6.45) is 1.10. The molecular weight excluding hydrogens is 299 g/mol. The van der Waals surface area contributed by atoms with Crippen LogP contribution in [-0.2, 0) is 24.1 Å². The number of hydrogen-bond acceptors (Lipinski definition) is 5. The van der Waals surface area contributed by atoms with Gasteiger partial charge in [0.1, 0.15) is 5.60 Å². The Labute approximate surface area is 122 Å². The maximum absolute atomic E-state index is 12.4. The van der Waals surface area contributed by atoms with Crippen LogP contribution >= 0.6 is 0 Å². The van der Waals surface area contributed by atoms with Crippen LogP contribution in [0.5, 0.6) is 0 Å². The van der Waals surface area contributed by atoms with Crippen molar-refractivity contribution in [2.45, 2.75) is 24.3 Å². The fourth-order valence-electron chi connectivity index (χ4n) is 2.24. The average molecular weight is 314 g/mol. The second-order valence-electron chi connectivity index (χ2n) is 5.15. The Morgan fingerprint density at radius 3 is 2.29 bits per heavy atom. The zero-order chi connectivity index (χ0) is 15.8. The monoisotopic (exact) mass is 314 g/mol. The van der Waals surface area contributed by atoms with Gasteiger partial charge in [0.2, 0.25) is 12.6 Å². The predicted molar refractivity (Wildman–Crippen MR) is 73.7 cm³/mol. The summed E-state index contributed by atoms with van der Waals surface area (Å²) in [7, 11) is -3.31. The lowest BCUT2D eigenvalue weighted by molar-refractivity contribution is -0.147. The highest BCUT2D eigenvalue weighted by molar-refractivity contribution is 7.90. The number of carbonyl (C=O) groups is 1. The molecule has 1 heterocycles. The third-order valence-corrected chi connectivity index (χ3v) is 4.26. The minimum atomic E-state index is -3.31. The number of rotatable bonds is 4. The summed E-state index contributed by atoms with van der Waals surface area (Å²) in [4.78, 5) is 11.9. The molecule has 0 radical (unpaired) electrons. The van der Waals surface area contributed by atoms with E-state index in [1.54, 1.807) is 13.8 Å². The van der Waals surface area contributed by atoms with Crippen molar-refractivity contribution in [3.8, 4) is 0 Å². The van der Waals surface area contributed by atoms with Crippen LogP contribution in [0.15, 0.2) is 34.9 Å². The second kappa shape index (κ2) is 5.14. The van der Waals surface area contributed by atoms with Gasteiger partial charge in [0, 0.05) is 6.26 Å². The molecule has 0 aromatic heterocycles. The van der Waals surface area contributed by atoms with Crippen LogP contribution < -0.4 is 0 Å². The summed E-state index contributed by atoms with van der Waals surface area (Å²) < 4.78 is 45.2. The largest absolute Gasteiger partial charge is 0.455 e. The first-order chi connectivity index (χ1) is 9.66. The Morgan fingerprint density at radius 2 is 1.81 bits per heavy atom. The molecule has 0 fully saturated rings. The van der Waals surface area contributed by atoms with Gasteiger partial charge in [-0.05, 0) is 31.5 Å². The first-order valence-electron chi connectivity index (χ1n) is 6.14. The molecule has 0 saturated heterocycles. The molecule has 1 aliphatic rings. The molecule has 0 saturated carbocycles. The molecule has 5 nitrogen and oxygen atoms in total. The average Bonchev–Trinajstić information content (AvgIpc) is 2.58. The van der Waals surface area contributed by atoms with E-state index in [4.69, 9.17) is 9.47 Å². The molecule has 0 bridgehead atoms. The lowest BCUT2D eigenvalue weighted by Crippen LogP contribution is -2.22. The molecule has 1 aromatic carbocycles. The highest BCUT2D eigenvalue weighted by Crippen LogP contribution is 2.40. The zero-order valence-corrected chi connectivity index (χ0v) is 12.7. The molecule has 0 spiro atoms. The van der Waals surface area contributed by atoms with Gasteiger partial charge in [0.25, 0.3) is 0 Å². The van der Waals surface area contributed by atoms with Crippen LogP contribution in [0.3, 0.4) is 0 Å². The van der Waals surface area contributed by atoms with Crippen molar-refractivity contribution < 1.29 is 27.1 Å². The number of sulfone groups is 1. The Balaban J connectivity index is 2.54. The SMILES string of the molecule is CC1(C)OC(=O)C(OCF)=C1c1ccc(S(C)(=O)=O)cc1. The normalized spacial score (nSPS) is 17.8. The Kier molecular flexibility index (Phi) is 3.79. The molecule has 1 aliphatic heterocycles. The quantitative estimate of drug-likeness (QED) is 0.796. The lowest BCUT2D eigenvalue weighted by Gasteiger charge is -2.21. The van der Waals surface area contributed by atoms with Crippen LogP contribution in [0, 0.1) is 0 Å². The van der Waals surface area contributed by atoms with E-state index in [0.29, 0.717) is 11.1 Å². The van der Waals surface area contributed by atoms with E-state index in [0.717, 1.165) is 6.26 Å². The van der Waals surface area contributed by atoms with E-state index in [9.17, 15) is 17.6 Å². The van der Waals surface area contributed by atoms with E-state index in [2.05, 4.69) is 0 Å². The Hall–Kier alpha value is -1.89. The second-order valence-corrected chi connectivity index (χ2v) is 7.17. The Bertz CT molecular complexity index is 701. The summed E-state index contributed by atoms with van der Waals surface area (Å²) in [5, 5.41) is 0. The van der Waals surface area contributed by atoms with E-state index in [-0.39, 0.29) is 10.7 Å². The van der Waals surface area contributed by atoms with Gasteiger partial charge >= 0.3 is 5.97 Å². The van der Waals surface area contributed by atoms with Crippen molar-refractivity contribution in [3.05, 3.63) is 35.6 Å². The molecule has 2 rings (SSSR count). The van der Waals surface area contributed by atoms with Crippen LogP contribution in [0.1, 0.15) is 19.4 Å². The van der Waals surface area contributed by atoms with Gasteiger partial charge in [0.05, 0.1) is 10.5 Å². The fraction of sp³-hybridized carbons (Fsp3) is 0.357. The molecule has 114 valence electrons. The lowest BCUT2D eigenvalue weighted by atomic mass is 9.92. The third kappa shape index (κ3) is 2.92. The van der Waals surface area contributed by atoms with Crippen molar-refractivity contribution in [2.24, 2.45) is 0 Å². The van der Waals surface area contributed by atoms with Gasteiger partial charge in [-0.15, -0.1) is 0 Å². The summed E-state index contributed by atoms with van der Waals surface area (Å²) in [6, 6.07) is 5.92. The fourth-order valence-corrected chi connectivity index (χ4v) is 2.87. The number of benzene rings is 1. The number of ether oxygens (including phenoxy) is 2. The molecule has 0 unspecified atom stereocenters. The number of alkyl halides is 1. The van der Waals surface area contributed by atoms with Gasteiger partial charge in [0.15, 0.2) is 9.84 Å². The van der Waals surface area contributed by atoms with Crippen molar-refractivity contribution in [1.29, 1.82) is 0 Å². The molecule has 0 N–H and O–H groups in total. The number of esters is 1. The number of cyclic esters (lactones) is 1. The van der Waals surface area contributed by atoms with Crippen LogP contribution in [0.2, 0.25) is 0 Å². The van der Waals surface area contributed by atoms with E-state index in [1.807, 2.05) is 0 Å². The highest BCUT2D eigenvalue weighted by Gasteiger charge is 2.42. The standard InChI is InChI=1S/C14H15FO5S/c1-14(2)11(12(19-8-15)13(16)20-14)9-4-6-10(7-5-9)21(3,17)18/h4-7H,8H2,1-3H3. The maximum Gasteiger partial charge on any atom is 0.375 e. The Morgan fingerprint density at radius 1 is 1.24 bits per heavy atom. The number of hydrogen-bond donors (Lipinski definition) is 0. The van der Waals surface area contributed by atoms with E-state index < -0.39 is 28.3 Å². The van der Waals surface area contributed by atoms with E-state index in [1.165, 1.54) is 24.3 Å². The van der Waals surface area contributed by atoms with Gasteiger partial charge in [-0.2, -0.15) is 0 Å². The molecule has 0 amide bonds. The maximum atomic E-state index is 12.4. The van der Waals surface area contributed by atoms with Gasteiger partial charge in [-0.1, -0.05) is 12.1 Å². The van der Waals surface area contributed by atoms with Crippen LogP contribution in [0.4, 0.5) is 4.39 Å². The predicted octanol–water partition coefficient (Wildman–Crippen LogP) is 2.08. The van der Waals surface area contributed by atoms with Crippen molar-refractivity contribution >= 4 is 21.4 Å². The zero-order valence-electron chi connectivity index (χ0n) is 11.8. The molecule has 21 heavy (non-hydrogen) atoms. The molecule has 0 aliphatic carbocycles. The smallest absolute Gasteiger partial charge is 0.375 e. The van der Waals surface area contributed by atoms with Crippen LogP contribution in [-0.4, -0.2) is 33.1 Å². The van der Waals surface area contributed by atoms with Crippen molar-refractivity contribution in [2.75, 3.05) is 13.1 Å². The van der Waals surface area contributed by atoms with Gasteiger partial charge in [-0.25, -0.2) is 17.6 Å². The highest BCUT2D eigenvalue weighted by atomic mass is 32.2. The number of halogens is 1. The van der Waals surface area contributed by atoms with E-state index >= 15 is 0 Å². The van der Waals surface area contributed by atoms with Crippen LogP contribution in [0.25, 0.3) is 5.57 Å². The molecule has 0 atom stereocenters.